The number of rotatable bonds is 8. The van der Waals surface area contributed by atoms with E-state index in [4.69, 9.17) is 9.47 Å². The van der Waals surface area contributed by atoms with Gasteiger partial charge in [0.2, 0.25) is 11.8 Å². The molecule has 0 fully saturated rings. The number of aromatic nitrogens is 2. The Morgan fingerprint density at radius 2 is 1.70 bits per heavy atom. The third kappa shape index (κ3) is 6.45. The molecule has 9 heteroatoms. The zero-order chi connectivity index (χ0) is 19.8. The summed E-state index contributed by atoms with van der Waals surface area (Å²) in [5, 5.41) is 14.0. The first kappa shape index (κ1) is 20.5. The number of hydrogen-bond donors (Lipinski definition) is 2. The number of hydrogen-bond acceptors (Lipinski definition) is 7. The number of anilines is 2. The highest BCUT2D eigenvalue weighted by molar-refractivity contribution is 7.99. The van der Waals surface area contributed by atoms with Crippen molar-refractivity contribution in [1.29, 1.82) is 0 Å². The van der Waals surface area contributed by atoms with Crippen molar-refractivity contribution < 1.29 is 19.1 Å². The lowest BCUT2D eigenvalue weighted by Crippen LogP contribution is -2.18. The Morgan fingerprint density at radius 3 is 2.22 bits per heavy atom. The van der Waals surface area contributed by atoms with Gasteiger partial charge in [-0.3, -0.25) is 9.59 Å². The molecule has 27 heavy (non-hydrogen) atoms. The van der Waals surface area contributed by atoms with Crippen LogP contribution in [0.4, 0.5) is 11.5 Å². The lowest BCUT2D eigenvalue weighted by Gasteiger charge is -2.10. The van der Waals surface area contributed by atoms with Gasteiger partial charge < -0.3 is 20.1 Å². The molecule has 144 valence electrons. The van der Waals surface area contributed by atoms with Crippen molar-refractivity contribution >= 4 is 35.1 Å². The topological polar surface area (TPSA) is 102 Å². The highest BCUT2D eigenvalue weighted by Gasteiger charge is 2.10. The first-order valence-electron chi connectivity index (χ1n) is 8.21. The van der Waals surface area contributed by atoms with Crippen LogP contribution in [0.1, 0.15) is 13.8 Å². The summed E-state index contributed by atoms with van der Waals surface area (Å²) in [6.45, 7) is 3.59. The zero-order valence-electron chi connectivity index (χ0n) is 15.6. The average molecular weight is 390 g/mol. The molecule has 2 aromatic rings. The third-order valence-corrected chi connectivity index (χ3v) is 4.32. The molecule has 0 aliphatic heterocycles. The molecule has 0 bridgehead atoms. The van der Waals surface area contributed by atoms with Crippen LogP contribution >= 0.6 is 11.8 Å². The second kappa shape index (κ2) is 9.77. The van der Waals surface area contributed by atoms with Crippen molar-refractivity contribution in [2.24, 2.45) is 5.92 Å². The second-order valence-corrected chi connectivity index (χ2v) is 6.83. The largest absolute Gasteiger partial charge is 0.497 e. The van der Waals surface area contributed by atoms with E-state index in [0.29, 0.717) is 28.0 Å². The number of amides is 2. The number of nitrogens with zero attached hydrogens (tertiary/aromatic N) is 2. The summed E-state index contributed by atoms with van der Waals surface area (Å²) in [6, 6.07) is 8.49. The molecular formula is C18H22N4O4S. The molecular weight excluding hydrogens is 368 g/mol. The molecule has 0 aliphatic rings. The summed E-state index contributed by atoms with van der Waals surface area (Å²) in [5.41, 5.74) is 0.578. The van der Waals surface area contributed by atoms with Crippen LogP contribution in [-0.2, 0) is 9.59 Å². The van der Waals surface area contributed by atoms with E-state index in [0.717, 1.165) is 0 Å². The van der Waals surface area contributed by atoms with Gasteiger partial charge in [-0.15, -0.1) is 10.2 Å². The van der Waals surface area contributed by atoms with Crippen LogP contribution in [0.2, 0.25) is 0 Å². The fourth-order valence-corrected chi connectivity index (χ4v) is 2.56. The van der Waals surface area contributed by atoms with Crippen molar-refractivity contribution in [3.63, 3.8) is 0 Å². The van der Waals surface area contributed by atoms with E-state index in [2.05, 4.69) is 20.8 Å². The van der Waals surface area contributed by atoms with E-state index >= 15 is 0 Å². The van der Waals surface area contributed by atoms with Gasteiger partial charge in [-0.2, -0.15) is 0 Å². The van der Waals surface area contributed by atoms with Gasteiger partial charge in [0.1, 0.15) is 16.5 Å². The van der Waals surface area contributed by atoms with Gasteiger partial charge in [0.25, 0.3) is 0 Å². The van der Waals surface area contributed by atoms with Crippen molar-refractivity contribution in [2.45, 2.75) is 18.9 Å². The maximum Gasteiger partial charge on any atom is 0.234 e. The zero-order valence-corrected chi connectivity index (χ0v) is 16.4. The molecule has 0 aliphatic carbocycles. The molecule has 1 heterocycles. The first-order valence-corrected chi connectivity index (χ1v) is 9.20. The minimum Gasteiger partial charge on any atom is -0.497 e. The Labute approximate surface area is 162 Å². The van der Waals surface area contributed by atoms with Crippen LogP contribution in [-0.4, -0.2) is 42.0 Å². The third-order valence-electron chi connectivity index (χ3n) is 3.40. The molecule has 8 nitrogen and oxygen atoms in total. The summed E-state index contributed by atoms with van der Waals surface area (Å²) in [6.07, 6.45) is 0. The molecule has 2 N–H and O–H groups in total. The van der Waals surface area contributed by atoms with E-state index in [1.807, 2.05) is 0 Å². The Morgan fingerprint density at radius 1 is 1.04 bits per heavy atom. The van der Waals surface area contributed by atoms with E-state index in [-0.39, 0.29) is 23.5 Å². The number of carbonyl (C=O) groups is 2. The quantitative estimate of drug-likeness (QED) is 0.668. The first-order chi connectivity index (χ1) is 12.9. The molecule has 0 radical (unpaired) electrons. The molecule has 1 aromatic carbocycles. The average Bonchev–Trinajstić information content (AvgIpc) is 2.66. The molecule has 1 aromatic heterocycles. The number of carbonyl (C=O) groups excluding carboxylic acids is 2. The molecule has 0 saturated heterocycles. The van der Waals surface area contributed by atoms with Crippen molar-refractivity contribution in [3.05, 3.63) is 30.3 Å². The number of ether oxygens (including phenoxy) is 2. The molecule has 0 saturated carbocycles. The van der Waals surface area contributed by atoms with Crippen LogP contribution in [0.15, 0.2) is 35.4 Å². The highest BCUT2D eigenvalue weighted by Crippen LogP contribution is 2.26. The van der Waals surface area contributed by atoms with Gasteiger partial charge in [0.15, 0.2) is 5.82 Å². The van der Waals surface area contributed by atoms with Crippen LogP contribution in [0.3, 0.4) is 0 Å². The fourth-order valence-electron chi connectivity index (χ4n) is 1.95. The summed E-state index contributed by atoms with van der Waals surface area (Å²) in [5.74, 6) is 1.24. The van der Waals surface area contributed by atoms with E-state index in [1.165, 1.54) is 11.8 Å². The van der Waals surface area contributed by atoms with Crippen molar-refractivity contribution in [1.82, 2.24) is 10.2 Å². The van der Waals surface area contributed by atoms with E-state index in [9.17, 15) is 9.59 Å². The fraction of sp³-hybridized carbons (Fsp3) is 0.333. The molecule has 0 unspecified atom stereocenters. The van der Waals surface area contributed by atoms with Gasteiger partial charge >= 0.3 is 0 Å². The predicted molar refractivity (Wildman–Crippen MR) is 104 cm³/mol. The molecule has 2 amide bonds. The standard InChI is InChI=1S/C18H22N4O4S/c1-11(2)18(24)20-15-5-6-17(22-21-15)27-10-16(23)19-12-7-13(25-3)9-14(8-12)26-4/h5-9,11H,10H2,1-4H3,(H,19,23)(H,20,21,24). The monoisotopic (exact) mass is 390 g/mol. The summed E-state index contributed by atoms with van der Waals surface area (Å²) >= 11 is 1.24. The van der Waals surface area contributed by atoms with Gasteiger partial charge in [0, 0.05) is 29.8 Å². The van der Waals surface area contributed by atoms with Crippen molar-refractivity contribution in [3.8, 4) is 11.5 Å². The number of nitrogens with one attached hydrogen (secondary N) is 2. The predicted octanol–water partition coefficient (Wildman–Crippen LogP) is 2.82. The minimum absolute atomic E-state index is 0.127. The summed E-state index contributed by atoms with van der Waals surface area (Å²) in [4.78, 5) is 23.8. The SMILES string of the molecule is COc1cc(NC(=O)CSc2ccc(NC(=O)C(C)C)nn2)cc(OC)c1. The number of thioether (sulfide) groups is 1. The smallest absolute Gasteiger partial charge is 0.234 e. The second-order valence-electron chi connectivity index (χ2n) is 5.84. The van der Waals surface area contributed by atoms with Gasteiger partial charge in [-0.1, -0.05) is 25.6 Å². The normalized spacial score (nSPS) is 10.4. The molecule has 0 spiro atoms. The number of methoxy groups -OCH3 is 2. The van der Waals surface area contributed by atoms with Crippen LogP contribution in [0.5, 0.6) is 11.5 Å². The van der Waals surface area contributed by atoms with Crippen LogP contribution < -0.4 is 20.1 Å². The Balaban J connectivity index is 1.89. The Kier molecular flexibility index (Phi) is 7.42. The van der Waals surface area contributed by atoms with Crippen LogP contribution in [0, 0.1) is 5.92 Å². The van der Waals surface area contributed by atoms with Gasteiger partial charge in [-0.25, -0.2) is 0 Å². The van der Waals surface area contributed by atoms with Gasteiger partial charge in [-0.05, 0) is 12.1 Å². The summed E-state index contributed by atoms with van der Waals surface area (Å²) in [7, 11) is 3.09. The lowest BCUT2D eigenvalue weighted by atomic mass is 10.2. The van der Waals surface area contributed by atoms with Gasteiger partial charge in [0.05, 0.1) is 20.0 Å². The van der Waals surface area contributed by atoms with E-state index < -0.39 is 0 Å². The Bertz CT molecular complexity index is 774. The minimum atomic E-state index is -0.200. The number of benzene rings is 1. The van der Waals surface area contributed by atoms with Crippen molar-refractivity contribution in [2.75, 3.05) is 30.6 Å². The Hall–Kier alpha value is -2.81. The maximum atomic E-state index is 12.2. The molecule has 0 atom stereocenters. The summed E-state index contributed by atoms with van der Waals surface area (Å²) < 4.78 is 10.4. The molecule has 2 rings (SSSR count). The van der Waals surface area contributed by atoms with Crippen LogP contribution in [0.25, 0.3) is 0 Å². The van der Waals surface area contributed by atoms with E-state index in [1.54, 1.807) is 58.4 Å². The lowest BCUT2D eigenvalue weighted by molar-refractivity contribution is -0.119. The highest BCUT2D eigenvalue weighted by atomic mass is 32.2. The maximum absolute atomic E-state index is 12.2.